The largest absolute Gasteiger partial charge is 0.363 e. The van der Waals surface area contributed by atoms with Crippen molar-refractivity contribution in [3.8, 4) is 0 Å². The molecule has 0 bridgehead atoms. The minimum Gasteiger partial charge on any atom is -0.363 e. The molecule has 5 heteroatoms. The Labute approximate surface area is 134 Å². The van der Waals surface area contributed by atoms with E-state index in [4.69, 9.17) is 11.6 Å². The van der Waals surface area contributed by atoms with Crippen molar-refractivity contribution in [2.45, 2.75) is 33.2 Å². The lowest BCUT2D eigenvalue weighted by molar-refractivity contribution is -0.122. The second-order valence-corrected chi connectivity index (χ2v) is 5.83. The normalized spacial score (nSPS) is 12.0. The van der Waals surface area contributed by atoms with E-state index in [1.54, 1.807) is 32.2 Å². The summed E-state index contributed by atoms with van der Waals surface area (Å²) in [6.07, 6.45) is 1.67. The molecule has 1 amide bonds. The van der Waals surface area contributed by atoms with E-state index < -0.39 is 0 Å². The van der Waals surface area contributed by atoms with Gasteiger partial charge in [-0.3, -0.25) is 9.59 Å². The van der Waals surface area contributed by atoms with Crippen molar-refractivity contribution in [1.82, 2.24) is 10.3 Å². The van der Waals surface area contributed by atoms with Gasteiger partial charge in [0.25, 0.3) is 0 Å². The molecule has 0 aliphatic heterocycles. The zero-order valence-electron chi connectivity index (χ0n) is 12.9. The molecule has 0 saturated heterocycles. The van der Waals surface area contributed by atoms with Crippen LogP contribution in [0.3, 0.4) is 0 Å². The third kappa shape index (κ3) is 3.57. The summed E-state index contributed by atoms with van der Waals surface area (Å²) in [5, 5.41) is 3.50. The number of nitrogens with one attached hydrogen (secondary N) is 2. The number of hydrogen-bond acceptors (Lipinski definition) is 2. The first-order valence-corrected chi connectivity index (χ1v) is 7.49. The van der Waals surface area contributed by atoms with Gasteiger partial charge in [-0.05, 0) is 38.5 Å². The average Bonchev–Trinajstić information content (AvgIpc) is 2.51. The maximum absolute atomic E-state index is 12.2. The van der Waals surface area contributed by atoms with Gasteiger partial charge < -0.3 is 10.3 Å². The summed E-state index contributed by atoms with van der Waals surface area (Å²) in [6, 6.07) is 7.21. The Morgan fingerprint density at radius 2 is 1.91 bits per heavy atom. The number of halogens is 1. The Morgan fingerprint density at radius 1 is 1.27 bits per heavy atom. The molecule has 0 saturated carbocycles. The molecule has 0 unspecified atom stereocenters. The lowest BCUT2D eigenvalue weighted by atomic mass is 10.0. The number of pyridine rings is 1. The van der Waals surface area contributed by atoms with Crippen LogP contribution in [0.2, 0.25) is 5.02 Å². The standard InChI is InChI=1S/C17H19ClN2O2/c1-10-8-19-15(12(3)16(10)21)9-20-17(22)11(2)13-4-6-14(18)7-5-13/h4-8,11H,9H2,1-3H3,(H,19,21)(H,20,22)/t11-/m1/s1. The number of rotatable bonds is 4. The predicted molar refractivity (Wildman–Crippen MR) is 88.3 cm³/mol. The molecular weight excluding hydrogens is 300 g/mol. The topological polar surface area (TPSA) is 62.0 Å². The van der Waals surface area contributed by atoms with Crippen LogP contribution in [0.15, 0.2) is 35.3 Å². The highest BCUT2D eigenvalue weighted by atomic mass is 35.5. The summed E-state index contributed by atoms with van der Waals surface area (Å²) in [5.41, 5.74) is 2.94. The van der Waals surface area contributed by atoms with E-state index in [9.17, 15) is 9.59 Å². The Bertz CT molecular complexity index is 735. The van der Waals surface area contributed by atoms with E-state index in [-0.39, 0.29) is 17.3 Å². The highest BCUT2D eigenvalue weighted by molar-refractivity contribution is 6.30. The number of benzene rings is 1. The van der Waals surface area contributed by atoms with Gasteiger partial charge in [0, 0.05) is 28.0 Å². The first kappa shape index (κ1) is 16.3. The number of carbonyl (C=O) groups excluding carboxylic acids is 1. The van der Waals surface area contributed by atoms with Gasteiger partial charge in [-0.25, -0.2) is 0 Å². The quantitative estimate of drug-likeness (QED) is 0.910. The highest BCUT2D eigenvalue weighted by Crippen LogP contribution is 2.18. The minimum absolute atomic E-state index is 0.00810. The van der Waals surface area contributed by atoms with Gasteiger partial charge in [-0.15, -0.1) is 0 Å². The number of aromatic amines is 1. The van der Waals surface area contributed by atoms with Crippen LogP contribution in [0.5, 0.6) is 0 Å². The van der Waals surface area contributed by atoms with Crippen molar-refractivity contribution in [1.29, 1.82) is 0 Å². The summed E-state index contributed by atoms with van der Waals surface area (Å²) in [4.78, 5) is 27.2. The summed E-state index contributed by atoms with van der Waals surface area (Å²) < 4.78 is 0. The molecule has 0 spiro atoms. The van der Waals surface area contributed by atoms with Crippen molar-refractivity contribution in [2.75, 3.05) is 0 Å². The minimum atomic E-state index is -0.283. The van der Waals surface area contributed by atoms with Crippen LogP contribution in [-0.2, 0) is 11.3 Å². The van der Waals surface area contributed by atoms with Gasteiger partial charge in [-0.1, -0.05) is 23.7 Å². The van der Waals surface area contributed by atoms with Crippen molar-refractivity contribution in [2.24, 2.45) is 0 Å². The molecule has 4 nitrogen and oxygen atoms in total. The fraction of sp³-hybridized carbons (Fsp3) is 0.294. The van der Waals surface area contributed by atoms with Crippen LogP contribution >= 0.6 is 11.6 Å². The van der Waals surface area contributed by atoms with Crippen LogP contribution < -0.4 is 10.7 Å². The van der Waals surface area contributed by atoms with E-state index in [1.807, 2.05) is 19.1 Å². The van der Waals surface area contributed by atoms with Gasteiger partial charge in [0.05, 0.1) is 12.5 Å². The smallest absolute Gasteiger partial charge is 0.227 e. The van der Waals surface area contributed by atoms with E-state index in [1.165, 1.54) is 0 Å². The lowest BCUT2D eigenvalue weighted by Crippen LogP contribution is -2.29. The maximum Gasteiger partial charge on any atom is 0.227 e. The number of H-pyrrole nitrogens is 1. The molecule has 0 radical (unpaired) electrons. The molecule has 2 rings (SSSR count). The SMILES string of the molecule is Cc1c[nH]c(CNC(=O)[C@H](C)c2ccc(Cl)cc2)c(C)c1=O. The van der Waals surface area contributed by atoms with Crippen molar-refractivity contribution < 1.29 is 4.79 Å². The average molecular weight is 319 g/mol. The fourth-order valence-electron chi connectivity index (χ4n) is 2.22. The second-order valence-electron chi connectivity index (χ2n) is 5.40. The zero-order chi connectivity index (χ0) is 16.3. The van der Waals surface area contributed by atoms with Crippen LogP contribution in [0.25, 0.3) is 0 Å². The first-order chi connectivity index (χ1) is 10.4. The van der Waals surface area contributed by atoms with Crippen LogP contribution in [-0.4, -0.2) is 10.9 Å². The van der Waals surface area contributed by atoms with Crippen LogP contribution in [0.4, 0.5) is 0 Å². The number of aryl methyl sites for hydroxylation is 1. The monoisotopic (exact) mass is 318 g/mol. The van der Waals surface area contributed by atoms with E-state index in [0.717, 1.165) is 11.3 Å². The maximum atomic E-state index is 12.2. The predicted octanol–water partition coefficient (Wildman–Crippen LogP) is 3.07. The number of amides is 1. The van der Waals surface area contributed by atoms with E-state index in [0.29, 0.717) is 22.7 Å². The lowest BCUT2D eigenvalue weighted by Gasteiger charge is -2.13. The highest BCUT2D eigenvalue weighted by Gasteiger charge is 2.15. The molecule has 0 aliphatic carbocycles. The molecule has 1 aromatic heterocycles. The van der Waals surface area contributed by atoms with Gasteiger partial charge >= 0.3 is 0 Å². The number of carbonyl (C=O) groups is 1. The Morgan fingerprint density at radius 3 is 2.55 bits per heavy atom. The van der Waals surface area contributed by atoms with Crippen molar-refractivity contribution in [3.63, 3.8) is 0 Å². The Kier molecular flexibility index (Phi) is 5.03. The van der Waals surface area contributed by atoms with Crippen molar-refractivity contribution >= 4 is 17.5 Å². The molecule has 1 aromatic carbocycles. The fourth-order valence-corrected chi connectivity index (χ4v) is 2.34. The molecule has 0 aliphatic rings. The molecule has 2 aromatic rings. The molecular formula is C17H19ClN2O2. The summed E-state index contributed by atoms with van der Waals surface area (Å²) in [5.74, 6) is -0.377. The van der Waals surface area contributed by atoms with Gasteiger partial charge in [0.1, 0.15) is 0 Å². The molecule has 0 fully saturated rings. The van der Waals surface area contributed by atoms with Gasteiger partial charge in [0.15, 0.2) is 5.43 Å². The molecule has 22 heavy (non-hydrogen) atoms. The first-order valence-electron chi connectivity index (χ1n) is 7.11. The molecule has 2 N–H and O–H groups in total. The van der Waals surface area contributed by atoms with Crippen LogP contribution in [0.1, 0.15) is 35.2 Å². The van der Waals surface area contributed by atoms with Crippen molar-refractivity contribution in [3.05, 3.63) is 68.1 Å². The Hall–Kier alpha value is -2.07. The summed E-state index contributed by atoms with van der Waals surface area (Å²) in [6.45, 7) is 5.66. The zero-order valence-corrected chi connectivity index (χ0v) is 13.6. The van der Waals surface area contributed by atoms with E-state index >= 15 is 0 Å². The summed E-state index contributed by atoms with van der Waals surface area (Å²) in [7, 11) is 0. The second kappa shape index (κ2) is 6.79. The third-order valence-electron chi connectivity index (χ3n) is 3.82. The Balaban J connectivity index is 2.05. The molecule has 1 atom stereocenters. The van der Waals surface area contributed by atoms with Crippen LogP contribution in [0, 0.1) is 13.8 Å². The third-order valence-corrected chi connectivity index (χ3v) is 4.07. The molecule has 116 valence electrons. The summed E-state index contributed by atoms with van der Waals surface area (Å²) >= 11 is 5.85. The van der Waals surface area contributed by atoms with E-state index in [2.05, 4.69) is 10.3 Å². The molecule has 1 heterocycles. The number of hydrogen-bond donors (Lipinski definition) is 2. The van der Waals surface area contributed by atoms with Gasteiger partial charge in [0.2, 0.25) is 5.91 Å². The number of aromatic nitrogens is 1. The van der Waals surface area contributed by atoms with Gasteiger partial charge in [-0.2, -0.15) is 0 Å².